The molecule has 0 saturated heterocycles. The van der Waals surface area contributed by atoms with Crippen molar-refractivity contribution in [3.05, 3.63) is 496 Å². The predicted octanol–water partition coefficient (Wildman–Crippen LogP) is 36.8. The average molecular weight is 1670 g/mol. The van der Waals surface area contributed by atoms with Gasteiger partial charge >= 0.3 is 0 Å². The van der Waals surface area contributed by atoms with Crippen LogP contribution in [0.4, 0.5) is 0 Å². The number of hydrogen-bond acceptors (Lipinski definition) is 0. The first-order chi connectivity index (χ1) is 69.4. The van der Waals surface area contributed by atoms with Gasteiger partial charge in [-0.2, -0.15) is 0 Å². The molecule has 610 valence electrons. The third-order valence-corrected chi connectivity index (χ3v) is 27.5. The lowest BCUT2D eigenvalue weighted by atomic mass is 9.81. The van der Waals surface area contributed by atoms with Crippen molar-refractivity contribution in [2.24, 2.45) is 0 Å². The van der Waals surface area contributed by atoms with Crippen LogP contribution in [0.2, 0.25) is 0 Å². The minimum atomic E-state index is -0.461. The Bertz CT molecular complexity index is 9720. The summed E-state index contributed by atoms with van der Waals surface area (Å²) in [5, 5.41) is 29.3. The van der Waals surface area contributed by atoms with Crippen molar-refractivity contribution < 1.29 is 15.1 Å². The summed E-state index contributed by atoms with van der Waals surface area (Å²) in [4.78, 5) is 0. The average Bonchev–Trinajstić information content (AvgIpc) is 1.00. The third-order valence-electron chi connectivity index (χ3n) is 27.5. The molecule has 0 amide bonds. The molecule has 0 heteroatoms. The summed E-state index contributed by atoms with van der Waals surface area (Å²) in [5.74, 6) is 0. The Balaban J connectivity index is 0.000000113. The minimum absolute atomic E-state index is 0.0352. The number of benzene rings is 26. The summed E-state index contributed by atoms with van der Waals surface area (Å²) in [7, 11) is 0. The molecule has 0 bridgehead atoms. The Morgan fingerprint density at radius 2 is 0.435 bits per heavy atom. The molecule has 0 N–H and O–H groups in total. The van der Waals surface area contributed by atoms with Crippen LogP contribution in [0.3, 0.4) is 0 Å². The molecule has 0 nitrogen and oxygen atoms in total. The zero-order chi connectivity index (χ0) is 96.4. The van der Waals surface area contributed by atoms with Crippen molar-refractivity contribution >= 4 is 151 Å². The number of fused-ring (bicyclic) bond motifs is 20. The molecule has 0 aliphatic heterocycles. The molecule has 27 rings (SSSR count). The third kappa shape index (κ3) is 12.6. The molecule has 0 radical (unpaired) electrons. The van der Waals surface area contributed by atoms with E-state index in [4.69, 9.17) is 9.60 Å². The molecule has 0 aromatic heterocycles. The fourth-order valence-corrected chi connectivity index (χ4v) is 21.7. The highest BCUT2D eigenvalue weighted by Gasteiger charge is 2.36. The van der Waals surface area contributed by atoms with Gasteiger partial charge in [0.25, 0.3) is 0 Å². The van der Waals surface area contributed by atoms with Gasteiger partial charge in [0.2, 0.25) is 0 Å². The van der Waals surface area contributed by atoms with Gasteiger partial charge in [0.05, 0.1) is 15.1 Å². The normalized spacial score (nSPS) is 13.4. The molecule has 0 unspecified atom stereocenters. The highest BCUT2D eigenvalue weighted by atomic mass is 14.4. The van der Waals surface area contributed by atoms with Crippen LogP contribution in [0, 0.1) is 0 Å². The maximum Gasteiger partial charge on any atom is 0.0629 e. The summed E-state index contributed by atoms with van der Waals surface area (Å²) >= 11 is 0. The first kappa shape index (κ1) is 65.9. The molecular weight excluding hydrogens is 1570 g/mol. The second-order valence-corrected chi connectivity index (χ2v) is 34.8. The van der Waals surface area contributed by atoms with Gasteiger partial charge in [-0.15, -0.1) is 0 Å². The van der Waals surface area contributed by atoms with Gasteiger partial charge in [-0.05, 0) is 286 Å². The molecule has 26 aromatic rings. The lowest BCUT2D eigenvalue weighted by Crippen LogP contribution is -2.14. The van der Waals surface area contributed by atoms with Gasteiger partial charge in [0.15, 0.2) is 0 Å². The smallest absolute Gasteiger partial charge is 0.0622 e. The molecule has 0 spiro atoms. The molecule has 0 saturated carbocycles. The van der Waals surface area contributed by atoms with Crippen LogP contribution in [-0.4, -0.2) is 0 Å². The van der Waals surface area contributed by atoms with Crippen LogP contribution < -0.4 is 0 Å². The fraction of sp³-hybridized carbons (Fsp3) is 0.0229. The van der Waals surface area contributed by atoms with Crippen molar-refractivity contribution in [3.63, 3.8) is 0 Å². The zero-order valence-electron chi connectivity index (χ0n) is 82.8. The fourth-order valence-electron chi connectivity index (χ4n) is 21.7. The molecule has 26 aromatic carbocycles. The molecule has 0 fully saturated rings. The van der Waals surface area contributed by atoms with E-state index >= 15 is 0 Å². The first-order valence-corrected chi connectivity index (χ1v) is 44.9. The largest absolute Gasteiger partial charge is 0.0629 e. The van der Waals surface area contributed by atoms with E-state index in [1.165, 1.54) is 115 Å². The van der Waals surface area contributed by atoms with E-state index in [1.807, 2.05) is 97.1 Å². The summed E-state index contributed by atoms with van der Waals surface area (Å²) < 4.78 is 98.9. The van der Waals surface area contributed by atoms with Crippen molar-refractivity contribution in [2.75, 3.05) is 0 Å². The molecular formula is C131H86. The van der Waals surface area contributed by atoms with E-state index < -0.39 is 12.1 Å². The summed E-state index contributed by atoms with van der Waals surface area (Å²) in [6.45, 7) is 4.42. The van der Waals surface area contributed by atoms with Gasteiger partial charge in [-0.1, -0.05) is 475 Å². The molecule has 0 atom stereocenters. The van der Waals surface area contributed by atoms with E-state index in [2.05, 4.69) is 335 Å². The predicted molar refractivity (Wildman–Crippen MR) is 565 cm³/mol. The molecule has 1 aliphatic rings. The quantitative estimate of drug-likeness (QED) is 0.105. The standard InChI is InChI=1S/C49H34.C44H28.C38H24/c1-49(2)45-22-12-11-17-38(45)39-28-27-33(30-46(39)49)31-23-25-32(26-24-31)47-40-18-7-9-20-42(40)48(43-21-10-8-19-41(43)47)44-29-34-13-3-4-14-35(34)36-15-5-6-16-37(36)44;1-2-14-29(15-3-1)32-26-27-41(35-20-8-6-19-34(32)35)43-37-22-10-12-24-39(37)44(40-25-13-11-23-38(40)43)42-28-30-16-4-5-17-31(30)33-18-7-9-21-36(33)42;1-3-15-27-25(12-1)14-11-23-31(27)37-32-19-7-9-21-34(32)38(35-22-10-8-20-33(35)37)36-24-26-13-2-4-16-28(26)29-17-5-6-18-30(29)36/h3-30H,1-2H3;1-28H;1-24H/i23D,24D,25D,26D;;1D,3D,11D,12D,14D,15D,23D. The van der Waals surface area contributed by atoms with E-state index in [0.29, 0.717) is 22.3 Å². The number of rotatable bonds is 8. The lowest BCUT2D eigenvalue weighted by Gasteiger charge is -2.22. The van der Waals surface area contributed by atoms with E-state index in [1.54, 1.807) is 0 Å². The second-order valence-electron chi connectivity index (χ2n) is 34.8. The van der Waals surface area contributed by atoms with Crippen LogP contribution in [-0.2, 0) is 5.41 Å². The van der Waals surface area contributed by atoms with Crippen LogP contribution in [0.25, 0.3) is 251 Å². The Hall–Kier alpha value is -16.6. The Labute approximate surface area is 776 Å². The molecule has 0 heterocycles. The maximum absolute atomic E-state index is 9.57. The lowest BCUT2D eigenvalue weighted by molar-refractivity contribution is 0.660. The van der Waals surface area contributed by atoms with E-state index in [-0.39, 0.29) is 76.1 Å². The van der Waals surface area contributed by atoms with Crippen LogP contribution in [0.5, 0.6) is 0 Å². The van der Waals surface area contributed by atoms with Gasteiger partial charge in [0.1, 0.15) is 0 Å². The van der Waals surface area contributed by atoms with E-state index in [0.717, 1.165) is 109 Å². The van der Waals surface area contributed by atoms with Gasteiger partial charge in [0, 0.05) is 5.41 Å². The van der Waals surface area contributed by atoms with Crippen molar-refractivity contribution in [1.29, 1.82) is 0 Å². The highest BCUT2D eigenvalue weighted by molar-refractivity contribution is 6.31. The van der Waals surface area contributed by atoms with Crippen molar-refractivity contribution in [2.45, 2.75) is 19.3 Å². The topological polar surface area (TPSA) is 0 Å². The zero-order valence-corrected chi connectivity index (χ0v) is 71.8. The van der Waals surface area contributed by atoms with Crippen molar-refractivity contribution in [3.8, 4) is 100 Å². The van der Waals surface area contributed by atoms with Gasteiger partial charge < -0.3 is 0 Å². The maximum atomic E-state index is 9.57. The Morgan fingerprint density at radius 3 is 0.863 bits per heavy atom. The number of hydrogen-bond donors (Lipinski definition) is 0. The first-order valence-electron chi connectivity index (χ1n) is 50.4. The van der Waals surface area contributed by atoms with Gasteiger partial charge in [-0.3, -0.25) is 0 Å². The Morgan fingerprint density at radius 1 is 0.145 bits per heavy atom. The Kier molecular flexibility index (Phi) is 15.8. The van der Waals surface area contributed by atoms with Crippen LogP contribution >= 0.6 is 0 Å². The monoisotopic (exact) mass is 1670 g/mol. The van der Waals surface area contributed by atoms with Gasteiger partial charge in [-0.25, -0.2) is 0 Å². The van der Waals surface area contributed by atoms with Crippen LogP contribution in [0.15, 0.2) is 485 Å². The molecule has 1 aliphatic carbocycles. The van der Waals surface area contributed by atoms with E-state index in [9.17, 15) is 5.48 Å². The van der Waals surface area contributed by atoms with Crippen LogP contribution in [0.1, 0.15) is 40.1 Å². The minimum Gasteiger partial charge on any atom is -0.0622 e. The second kappa shape index (κ2) is 31.4. The molecule has 131 heavy (non-hydrogen) atoms. The van der Waals surface area contributed by atoms with Crippen molar-refractivity contribution in [1.82, 2.24) is 0 Å². The SMILES string of the molecule is [2H]c1c([2H])c(-c2c3ccccc3c(-c3cc4ccccc4c4ccccc34)c3ccccc23)c([2H])c([2H])c1-c1ccc2c(c1)C(C)(C)c1ccccc1-2.[2H]c1c([2H])c([2H])c2c(-c3c4ccccc4c(-c4cc5ccccc5c5ccccc45)c4ccccc34)c([2H])c([2H])c([2H])c2c1[2H].c1ccc(-c2ccc(-c3c4ccccc4c(-c4cc5ccccc5c5ccccc45)c4ccccc34)c3ccccc23)cc1. The summed E-state index contributed by atoms with van der Waals surface area (Å²) in [6.07, 6.45) is 0. The summed E-state index contributed by atoms with van der Waals surface area (Å²) in [5.41, 5.74) is 19.3. The highest BCUT2D eigenvalue weighted by Crippen LogP contribution is 2.55. The summed E-state index contributed by atoms with van der Waals surface area (Å²) in [6, 6.07) is 145.